The molecule has 0 saturated heterocycles. The number of nitrogens with zero attached hydrogens (tertiary/aromatic N) is 1. The fraction of sp³-hybridized carbons (Fsp3) is 0.273. The molecule has 3 N–H and O–H groups in total. The van der Waals surface area contributed by atoms with Crippen molar-refractivity contribution in [2.45, 2.75) is 5.54 Å². The van der Waals surface area contributed by atoms with E-state index >= 15 is 0 Å². The summed E-state index contributed by atoms with van der Waals surface area (Å²) < 4.78 is 0. The maximum Gasteiger partial charge on any atom is 0.250 e. The highest BCUT2D eigenvalue weighted by atomic mass is 16.3. The van der Waals surface area contributed by atoms with E-state index in [2.05, 4.69) is 0 Å². The Hall–Kier alpha value is -1.88. The number of amides is 1. The number of phenols is 1. The van der Waals surface area contributed by atoms with E-state index in [-0.39, 0.29) is 5.75 Å². The average molecular weight is 222 g/mol. The summed E-state index contributed by atoms with van der Waals surface area (Å²) in [6.07, 6.45) is 0.502. The number of carbonyl (C=O) groups excluding carboxylic acids is 2. The minimum Gasteiger partial charge on any atom is -0.508 e. The average Bonchev–Trinajstić information content (AvgIpc) is 2.21. The Morgan fingerprint density at radius 1 is 1.38 bits per heavy atom. The van der Waals surface area contributed by atoms with E-state index in [1.165, 1.54) is 29.2 Å². The number of aromatic hydroxyl groups is 1. The minimum absolute atomic E-state index is 0.0618. The SMILES string of the molecule is CN(C)[C@@](C=O)(C(N)=O)c1ccc(O)cc1. The van der Waals surface area contributed by atoms with Crippen molar-refractivity contribution in [3.05, 3.63) is 29.8 Å². The first-order chi connectivity index (χ1) is 7.45. The molecule has 5 heteroatoms. The molecule has 1 aromatic carbocycles. The predicted octanol–water partition coefficient (Wildman–Crippen LogP) is -0.167. The van der Waals surface area contributed by atoms with Crippen molar-refractivity contribution in [2.24, 2.45) is 5.73 Å². The summed E-state index contributed by atoms with van der Waals surface area (Å²) in [6.45, 7) is 0. The third-order valence-electron chi connectivity index (χ3n) is 2.56. The van der Waals surface area contributed by atoms with Gasteiger partial charge in [0.1, 0.15) is 5.75 Å². The van der Waals surface area contributed by atoms with Gasteiger partial charge in [-0.1, -0.05) is 12.1 Å². The molecule has 0 aliphatic carbocycles. The molecule has 16 heavy (non-hydrogen) atoms. The van der Waals surface area contributed by atoms with Gasteiger partial charge < -0.3 is 15.6 Å². The molecule has 0 bridgehead atoms. The molecule has 0 fully saturated rings. The molecule has 0 aliphatic heterocycles. The molecule has 5 nitrogen and oxygen atoms in total. The van der Waals surface area contributed by atoms with Crippen LogP contribution in [0.3, 0.4) is 0 Å². The number of hydrogen-bond donors (Lipinski definition) is 2. The Labute approximate surface area is 93.5 Å². The number of rotatable bonds is 4. The number of phenolic OH excluding ortho intramolecular Hbond substituents is 1. The number of aldehydes is 1. The van der Waals surface area contributed by atoms with Gasteiger partial charge in [-0.2, -0.15) is 0 Å². The largest absolute Gasteiger partial charge is 0.508 e. The van der Waals surface area contributed by atoms with Gasteiger partial charge in [-0.3, -0.25) is 9.69 Å². The maximum absolute atomic E-state index is 11.5. The quantitative estimate of drug-likeness (QED) is 0.547. The molecule has 0 aromatic heterocycles. The lowest BCUT2D eigenvalue weighted by Gasteiger charge is -2.31. The van der Waals surface area contributed by atoms with Crippen LogP contribution >= 0.6 is 0 Å². The molecule has 0 saturated carbocycles. The van der Waals surface area contributed by atoms with Gasteiger partial charge in [0.15, 0.2) is 11.8 Å². The summed E-state index contributed by atoms with van der Waals surface area (Å²) in [5.41, 5.74) is 4.22. The molecule has 1 aromatic rings. The molecule has 0 radical (unpaired) electrons. The Morgan fingerprint density at radius 2 is 1.88 bits per heavy atom. The van der Waals surface area contributed by atoms with Crippen molar-refractivity contribution in [3.8, 4) is 5.75 Å². The summed E-state index contributed by atoms with van der Waals surface area (Å²) in [5.74, 6) is -0.690. The van der Waals surface area contributed by atoms with Crippen molar-refractivity contribution in [1.29, 1.82) is 0 Å². The minimum atomic E-state index is -1.49. The second-order valence-corrected chi connectivity index (χ2v) is 3.69. The number of hydrogen-bond acceptors (Lipinski definition) is 4. The van der Waals surface area contributed by atoms with Gasteiger partial charge >= 0.3 is 0 Å². The topological polar surface area (TPSA) is 83.6 Å². The van der Waals surface area contributed by atoms with E-state index in [4.69, 9.17) is 10.8 Å². The van der Waals surface area contributed by atoms with Gasteiger partial charge in [0.2, 0.25) is 5.91 Å². The highest BCUT2D eigenvalue weighted by Crippen LogP contribution is 2.25. The molecular weight excluding hydrogens is 208 g/mol. The van der Waals surface area contributed by atoms with Crippen LogP contribution < -0.4 is 5.73 Å². The van der Waals surface area contributed by atoms with Crippen molar-refractivity contribution < 1.29 is 14.7 Å². The van der Waals surface area contributed by atoms with Crippen molar-refractivity contribution in [3.63, 3.8) is 0 Å². The van der Waals surface area contributed by atoms with E-state index in [1.807, 2.05) is 0 Å². The number of carbonyl (C=O) groups is 2. The summed E-state index contributed by atoms with van der Waals surface area (Å²) in [4.78, 5) is 24.1. The van der Waals surface area contributed by atoms with E-state index in [0.717, 1.165) is 0 Å². The van der Waals surface area contributed by atoms with Crippen molar-refractivity contribution in [2.75, 3.05) is 14.1 Å². The van der Waals surface area contributed by atoms with E-state index in [1.54, 1.807) is 14.1 Å². The second-order valence-electron chi connectivity index (χ2n) is 3.69. The molecule has 0 heterocycles. The molecule has 1 amide bonds. The smallest absolute Gasteiger partial charge is 0.250 e. The second kappa shape index (κ2) is 4.32. The first-order valence-electron chi connectivity index (χ1n) is 4.68. The lowest BCUT2D eigenvalue weighted by molar-refractivity contribution is -0.135. The van der Waals surface area contributed by atoms with Crippen LogP contribution in [0, 0.1) is 0 Å². The van der Waals surface area contributed by atoms with Crippen LogP contribution in [0.4, 0.5) is 0 Å². The van der Waals surface area contributed by atoms with Crippen LogP contribution in [0.25, 0.3) is 0 Å². The lowest BCUT2D eigenvalue weighted by atomic mass is 9.89. The molecule has 1 rings (SSSR count). The van der Waals surface area contributed by atoms with Gasteiger partial charge in [-0.05, 0) is 31.8 Å². The van der Waals surface area contributed by atoms with Gasteiger partial charge in [0.25, 0.3) is 0 Å². The van der Waals surface area contributed by atoms with E-state index in [0.29, 0.717) is 11.8 Å². The maximum atomic E-state index is 11.5. The zero-order valence-electron chi connectivity index (χ0n) is 9.18. The van der Waals surface area contributed by atoms with Crippen molar-refractivity contribution >= 4 is 12.2 Å². The summed E-state index contributed by atoms with van der Waals surface area (Å²) in [6, 6.07) is 5.79. The van der Waals surface area contributed by atoms with Crippen LogP contribution in [0.1, 0.15) is 5.56 Å². The third kappa shape index (κ3) is 1.77. The fourth-order valence-electron chi connectivity index (χ4n) is 1.57. The summed E-state index contributed by atoms with van der Waals surface area (Å²) in [5, 5.41) is 9.15. The first kappa shape index (κ1) is 12.2. The van der Waals surface area contributed by atoms with Gasteiger partial charge in [0.05, 0.1) is 0 Å². The van der Waals surface area contributed by atoms with Crippen LogP contribution in [0.2, 0.25) is 0 Å². The predicted molar refractivity (Wildman–Crippen MR) is 58.7 cm³/mol. The first-order valence-corrected chi connectivity index (χ1v) is 4.68. The van der Waals surface area contributed by atoms with E-state index < -0.39 is 11.4 Å². The van der Waals surface area contributed by atoms with E-state index in [9.17, 15) is 9.59 Å². The normalized spacial score (nSPS) is 14.4. The monoisotopic (exact) mass is 222 g/mol. The Morgan fingerprint density at radius 3 is 2.19 bits per heavy atom. The Kier molecular flexibility index (Phi) is 3.29. The van der Waals surface area contributed by atoms with Crippen LogP contribution in [-0.4, -0.2) is 36.3 Å². The Balaban J connectivity index is 3.36. The zero-order chi connectivity index (χ0) is 12.3. The molecule has 0 aliphatic rings. The molecule has 0 unspecified atom stereocenters. The molecule has 0 spiro atoms. The molecule has 1 atom stereocenters. The number of nitrogens with two attached hydrogens (primary N) is 1. The standard InChI is InChI=1S/C11H14N2O3/c1-13(2)11(7-14,10(12)16)8-3-5-9(15)6-4-8/h3-7,15H,1-2H3,(H2,12,16)/t11-/m1/s1. The van der Waals surface area contributed by atoms with Gasteiger partial charge in [-0.15, -0.1) is 0 Å². The van der Waals surface area contributed by atoms with Crippen molar-refractivity contribution in [1.82, 2.24) is 4.90 Å². The fourth-order valence-corrected chi connectivity index (χ4v) is 1.57. The highest BCUT2D eigenvalue weighted by molar-refractivity contribution is 6.01. The van der Waals surface area contributed by atoms with Gasteiger partial charge in [-0.25, -0.2) is 0 Å². The van der Waals surface area contributed by atoms with Gasteiger partial charge in [0, 0.05) is 0 Å². The zero-order valence-corrected chi connectivity index (χ0v) is 9.18. The molecule has 86 valence electrons. The molecular formula is C11H14N2O3. The summed E-state index contributed by atoms with van der Waals surface area (Å²) in [7, 11) is 3.18. The lowest BCUT2D eigenvalue weighted by Crippen LogP contribution is -2.53. The van der Waals surface area contributed by atoms with Crippen LogP contribution in [0.5, 0.6) is 5.75 Å². The number of benzene rings is 1. The highest BCUT2D eigenvalue weighted by Gasteiger charge is 2.40. The number of likely N-dealkylation sites (N-methyl/N-ethyl adjacent to an activating group) is 1. The Bertz CT molecular complexity index is 400. The third-order valence-corrected chi connectivity index (χ3v) is 2.56. The van der Waals surface area contributed by atoms with Crippen LogP contribution in [-0.2, 0) is 15.1 Å². The van der Waals surface area contributed by atoms with Crippen LogP contribution in [0.15, 0.2) is 24.3 Å². The summed E-state index contributed by atoms with van der Waals surface area (Å²) >= 11 is 0. The number of primary amides is 1.